The highest BCUT2D eigenvalue weighted by molar-refractivity contribution is 7.10. The number of anilines is 1. The number of thiophene rings is 1. The summed E-state index contributed by atoms with van der Waals surface area (Å²) in [5, 5.41) is 4.78. The molecule has 0 amide bonds. The summed E-state index contributed by atoms with van der Waals surface area (Å²) in [5.41, 5.74) is -0.396. The minimum atomic E-state index is -4.45. The van der Waals surface area contributed by atoms with Crippen LogP contribution in [0.4, 0.5) is 18.9 Å². The van der Waals surface area contributed by atoms with Crippen LogP contribution in [0.15, 0.2) is 35.7 Å². The average molecular weight is 320 g/mol. The molecule has 1 unspecified atom stereocenters. The Balaban J connectivity index is 2.25. The van der Waals surface area contributed by atoms with Crippen molar-refractivity contribution in [3.05, 3.63) is 51.2 Å². The Morgan fingerprint density at radius 1 is 1.30 bits per heavy atom. The molecule has 0 aliphatic carbocycles. The highest BCUT2D eigenvalue weighted by atomic mass is 35.5. The first kappa shape index (κ1) is 15.2. The predicted octanol–water partition coefficient (Wildman–Crippen LogP) is 5.98. The zero-order valence-corrected chi connectivity index (χ0v) is 12.2. The van der Waals surface area contributed by atoms with Gasteiger partial charge in [0.25, 0.3) is 0 Å². The fourth-order valence-corrected chi connectivity index (χ4v) is 2.98. The number of nitrogens with one attached hydrogen (secondary N) is 1. The van der Waals surface area contributed by atoms with Crippen LogP contribution in [0, 0.1) is 0 Å². The standard InChI is InChI=1S/C14H13ClF3NS/c1-2-12(13-4-3-7-20-13)19-9-5-6-11(15)10(8-9)14(16,17)18/h3-8,12,19H,2H2,1H3. The molecule has 0 spiro atoms. The van der Waals surface area contributed by atoms with Crippen molar-refractivity contribution in [2.45, 2.75) is 25.6 Å². The molecule has 0 aliphatic heterocycles. The van der Waals surface area contributed by atoms with Crippen LogP contribution in [0.25, 0.3) is 0 Å². The number of rotatable bonds is 4. The number of hydrogen-bond donors (Lipinski definition) is 1. The molecule has 0 fully saturated rings. The zero-order chi connectivity index (χ0) is 14.8. The fraction of sp³-hybridized carbons (Fsp3) is 0.286. The van der Waals surface area contributed by atoms with Gasteiger partial charge in [0.1, 0.15) is 0 Å². The van der Waals surface area contributed by atoms with E-state index in [9.17, 15) is 13.2 Å². The summed E-state index contributed by atoms with van der Waals surface area (Å²) < 4.78 is 38.4. The molecule has 0 radical (unpaired) electrons. The number of benzene rings is 1. The van der Waals surface area contributed by atoms with Crippen molar-refractivity contribution in [2.24, 2.45) is 0 Å². The minimum Gasteiger partial charge on any atom is -0.377 e. The summed E-state index contributed by atoms with van der Waals surface area (Å²) in [6.07, 6.45) is -3.66. The maximum absolute atomic E-state index is 12.8. The zero-order valence-electron chi connectivity index (χ0n) is 10.7. The third kappa shape index (κ3) is 3.46. The first-order valence-electron chi connectivity index (χ1n) is 6.08. The normalized spacial score (nSPS) is 13.2. The molecule has 1 aromatic heterocycles. The van der Waals surface area contributed by atoms with Crippen molar-refractivity contribution < 1.29 is 13.2 Å². The Bertz CT molecular complexity index is 566. The quantitative estimate of drug-likeness (QED) is 0.730. The molecule has 2 rings (SSSR count). The van der Waals surface area contributed by atoms with Gasteiger partial charge in [-0.1, -0.05) is 24.6 Å². The lowest BCUT2D eigenvalue weighted by Crippen LogP contribution is -2.10. The van der Waals surface area contributed by atoms with Crippen LogP contribution in [0.3, 0.4) is 0 Å². The van der Waals surface area contributed by atoms with Crippen LogP contribution in [-0.4, -0.2) is 0 Å². The molecule has 0 aliphatic rings. The largest absolute Gasteiger partial charge is 0.417 e. The van der Waals surface area contributed by atoms with Crippen molar-refractivity contribution in [3.8, 4) is 0 Å². The summed E-state index contributed by atoms with van der Waals surface area (Å²) in [6.45, 7) is 1.98. The lowest BCUT2D eigenvalue weighted by molar-refractivity contribution is -0.137. The molecule has 1 N–H and O–H groups in total. The Morgan fingerprint density at radius 3 is 2.60 bits per heavy atom. The van der Waals surface area contributed by atoms with Gasteiger partial charge in [0.15, 0.2) is 0 Å². The van der Waals surface area contributed by atoms with Gasteiger partial charge in [-0.2, -0.15) is 13.2 Å². The molecule has 1 atom stereocenters. The van der Waals surface area contributed by atoms with Crippen molar-refractivity contribution in [1.82, 2.24) is 0 Å². The fourth-order valence-electron chi connectivity index (χ4n) is 1.90. The molecule has 2 aromatic rings. The lowest BCUT2D eigenvalue weighted by Gasteiger charge is -2.18. The number of halogens is 4. The van der Waals surface area contributed by atoms with Crippen molar-refractivity contribution in [3.63, 3.8) is 0 Å². The molecule has 1 aromatic carbocycles. The molecular weight excluding hydrogens is 307 g/mol. The minimum absolute atomic E-state index is 0.00254. The van der Waals surface area contributed by atoms with E-state index >= 15 is 0 Å². The van der Waals surface area contributed by atoms with Crippen molar-refractivity contribution in [1.29, 1.82) is 0 Å². The molecule has 20 heavy (non-hydrogen) atoms. The summed E-state index contributed by atoms with van der Waals surface area (Å²) >= 11 is 7.18. The van der Waals surface area contributed by atoms with E-state index in [0.717, 1.165) is 17.4 Å². The van der Waals surface area contributed by atoms with Crippen LogP contribution in [0.5, 0.6) is 0 Å². The van der Waals surface area contributed by atoms with Crippen LogP contribution < -0.4 is 5.32 Å². The molecule has 0 bridgehead atoms. The summed E-state index contributed by atoms with van der Waals surface area (Å²) in [5.74, 6) is 0. The van der Waals surface area contributed by atoms with Gasteiger partial charge in [-0.15, -0.1) is 11.3 Å². The van der Waals surface area contributed by atoms with Gasteiger partial charge >= 0.3 is 6.18 Å². The van der Waals surface area contributed by atoms with Gasteiger partial charge in [-0.25, -0.2) is 0 Å². The van der Waals surface area contributed by atoms with Crippen LogP contribution in [-0.2, 0) is 6.18 Å². The Morgan fingerprint density at radius 2 is 2.05 bits per heavy atom. The van der Waals surface area contributed by atoms with Gasteiger partial charge in [-0.3, -0.25) is 0 Å². The van der Waals surface area contributed by atoms with Crippen molar-refractivity contribution in [2.75, 3.05) is 5.32 Å². The van der Waals surface area contributed by atoms with Gasteiger partial charge in [-0.05, 0) is 36.1 Å². The van der Waals surface area contributed by atoms with Gasteiger partial charge in [0.2, 0.25) is 0 Å². The Labute approximate surface area is 124 Å². The van der Waals surface area contributed by atoms with Crippen molar-refractivity contribution >= 4 is 28.6 Å². The van der Waals surface area contributed by atoms with E-state index in [1.54, 1.807) is 17.4 Å². The van der Waals surface area contributed by atoms with E-state index in [4.69, 9.17) is 11.6 Å². The topological polar surface area (TPSA) is 12.0 Å². The molecule has 6 heteroatoms. The predicted molar refractivity (Wildman–Crippen MR) is 77.4 cm³/mol. The van der Waals surface area contributed by atoms with Crippen LogP contribution >= 0.6 is 22.9 Å². The second-order valence-electron chi connectivity index (χ2n) is 4.31. The SMILES string of the molecule is CCC(Nc1ccc(Cl)c(C(F)(F)F)c1)c1cccs1. The van der Waals surface area contributed by atoms with Gasteiger partial charge in [0, 0.05) is 10.6 Å². The number of alkyl halides is 3. The third-order valence-electron chi connectivity index (χ3n) is 2.91. The summed E-state index contributed by atoms with van der Waals surface area (Å²) in [7, 11) is 0. The number of hydrogen-bond acceptors (Lipinski definition) is 2. The third-order valence-corrected chi connectivity index (χ3v) is 4.22. The highest BCUT2D eigenvalue weighted by Gasteiger charge is 2.33. The molecule has 0 saturated carbocycles. The van der Waals surface area contributed by atoms with E-state index in [0.29, 0.717) is 5.69 Å². The van der Waals surface area contributed by atoms with E-state index in [1.165, 1.54) is 6.07 Å². The van der Waals surface area contributed by atoms with E-state index in [-0.39, 0.29) is 11.1 Å². The summed E-state index contributed by atoms with van der Waals surface area (Å²) in [4.78, 5) is 1.09. The maximum atomic E-state index is 12.8. The first-order chi connectivity index (χ1) is 9.41. The second-order valence-corrected chi connectivity index (χ2v) is 5.70. The first-order valence-corrected chi connectivity index (χ1v) is 7.34. The van der Waals surface area contributed by atoms with E-state index in [1.807, 2.05) is 24.4 Å². The lowest BCUT2D eigenvalue weighted by atomic mass is 10.1. The second kappa shape index (κ2) is 6.06. The average Bonchev–Trinajstić information content (AvgIpc) is 2.90. The smallest absolute Gasteiger partial charge is 0.377 e. The van der Waals surface area contributed by atoms with E-state index in [2.05, 4.69) is 5.32 Å². The highest BCUT2D eigenvalue weighted by Crippen LogP contribution is 2.37. The van der Waals surface area contributed by atoms with Gasteiger partial charge in [0.05, 0.1) is 16.6 Å². The van der Waals surface area contributed by atoms with Gasteiger partial charge < -0.3 is 5.32 Å². The Hall–Kier alpha value is -1.20. The molecule has 1 heterocycles. The maximum Gasteiger partial charge on any atom is 0.417 e. The van der Waals surface area contributed by atoms with Crippen LogP contribution in [0.1, 0.15) is 29.8 Å². The van der Waals surface area contributed by atoms with Crippen LogP contribution in [0.2, 0.25) is 5.02 Å². The summed E-state index contributed by atoms with van der Waals surface area (Å²) in [6, 6.07) is 7.78. The molecule has 108 valence electrons. The van der Waals surface area contributed by atoms with E-state index < -0.39 is 11.7 Å². The Kier molecular flexibility index (Phi) is 4.60. The molecule has 0 saturated heterocycles. The molecular formula is C14H13ClF3NS. The monoisotopic (exact) mass is 319 g/mol. The molecule has 1 nitrogen and oxygen atoms in total.